The molecule has 110 valence electrons. The average Bonchev–Trinajstić information content (AvgIpc) is 2.49. The first kappa shape index (κ1) is 14.8. The largest absolute Gasteiger partial charge is 0.481 e. The molecule has 2 rings (SSSR count). The summed E-state index contributed by atoms with van der Waals surface area (Å²) in [5.74, 6) is -0.813. The van der Waals surface area contributed by atoms with Gasteiger partial charge in [-0.05, 0) is 24.3 Å². The Hall–Kier alpha value is -2.56. The lowest BCUT2D eigenvalue weighted by molar-refractivity contribution is -0.136. The molecule has 0 fully saturated rings. The van der Waals surface area contributed by atoms with Crippen LogP contribution in [0.25, 0.3) is 0 Å². The first-order valence-electron chi connectivity index (χ1n) is 6.88. The van der Waals surface area contributed by atoms with Gasteiger partial charge in [0, 0.05) is 31.4 Å². The maximum absolute atomic E-state index is 10.8. The molecule has 0 amide bonds. The van der Waals surface area contributed by atoms with E-state index in [0.717, 1.165) is 17.8 Å². The molecule has 0 aliphatic rings. The Bertz CT molecular complexity index is 587. The van der Waals surface area contributed by atoms with Crippen molar-refractivity contribution in [3.05, 3.63) is 54.4 Å². The SMILES string of the molecule is Nc1ccccc1N(CCC(=O)O)CCc1ccccn1. The Morgan fingerprint density at radius 3 is 2.57 bits per heavy atom. The van der Waals surface area contributed by atoms with Crippen LogP contribution >= 0.6 is 0 Å². The maximum Gasteiger partial charge on any atom is 0.305 e. The Labute approximate surface area is 124 Å². The molecule has 0 unspecified atom stereocenters. The summed E-state index contributed by atoms with van der Waals surface area (Å²) in [6.45, 7) is 1.11. The molecule has 0 aliphatic heterocycles. The van der Waals surface area contributed by atoms with Crippen LogP contribution in [0.4, 0.5) is 11.4 Å². The van der Waals surface area contributed by atoms with Gasteiger partial charge in [0.25, 0.3) is 0 Å². The lowest BCUT2D eigenvalue weighted by Gasteiger charge is -2.25. The van der Waals surface area contributed by atoms with Crippen LogP contribution in [-0.4, -0.2) is 29.1 Å². The van der Waals surface area contributed by atoms with Gasteiger partial charge in [0.15, 0.2) is 0 Å². The van der Waals surface area contributed by atoms with E-state index in [1.165, 1.54) is 0 Å². The molecule has 2 aromatic rings. The van der Waals surface area contributed by atoms with Crippen LogP contribution in [0.15, 0.2) is 48.7 Å². The van der Waals surface area contributed by atoms with Crippen molar-refractivity contribution in [2.75, 3.05) is 23.7 Å². The number of hydrogen-bond donors (Lipinski definition) is 2. The zero-order valence-electron chi connectivity index (χ0n) is 11.8. The van der Waals surface area contributed by atoms with Gasteiger partial charge in [-0.2, -0.15) is 0 Å². The fraction of sp³-hybridized carbons (Fsp3) is 0.250. The van der Waals surface area contributed by atoms with Crippen molar-refractivity contribution in [3.8, 4) is 0 Å². The highest BCUT2D eigenvalue weighted by atomic mass is 16.4. The summed E-state index contributed by atoms with van der Waals surface area (Å²) in [4.78, 5) is 17.1. The summed E-state index contributed by atoms with van der Waals surface area (Å²) < 4.78 is 0. The van der Waals surface area contributed by atoms with Crippen LogP contribution in [0.2, 0.25) is 0 Å². The third-order valence-corrected chi connectivity index (χ3v) is 3.24. The zero-order valence-corrected chi connectivity index (χ0v) is 11.8. The van der Waals surface area contributed by atoms with Crippen LogP contribution in [0, 0.1) is 0 Å². The van der Waals surface area contributed by atoms with E-state index in [9.17, 15) is 4.79 Å². The van der Waals surface area contributed by atoms with Crippen LogP contribution in [0.3, 0.4) is 0 Å². The second-order valence-corrected chi connectivity index (χ2v) is 4.76. The molecule has 0 saturated heterocycles. The highest BCUT2D eigenvalue weighted by Gasteiger charge is 2.11. The van der Waals surface area contributed by atoms with Crippen LogP contribution in [0.5, 0.6) is 0 Å². The monoisotopic (exact) mass is 285 g/mol. The number of aliphatic carboxylic acids is 1. The van der Waals surface area contributed by atoms with Gasteiger partial charge in [-0.1, -0.05) is 18.2 Å². The number of carbonyl (C=O) groups is 1. The lowest BCUT2D eigenvalue weighted by Crippen LogP contribution is -2.29. The van der Waals surface area contributed by atoms with Crippen molar-refractivity contribution in [1.29, 1.82) is 0 Å². The van der Waals surface area contributed by atoms with Gasteiger partial charge < -0.3 is 15.7 Å². The highest BCUT2D eigenvalue weighted by Crippen LogP contribution is 2.22. The fourth-order valence-corrected chi connectivity index (χ4v) is 2.15. The molecule has 0 bridgehead atoms. The van der Waals surface area contributed by atoms with Gasteiger partial charge in [0.1, 0.15) is 0 Å². The molecule has 1 aromatic carbocycles. The minimum atomic E-state index is -0.813. The quantitative estimate of drug-likeness (QED) is 0.762. The number of para-hydroxylation sites is 2. The van der Waals surface area contributed by atoms with Gasteiger partial charge in [0.05, 0.1) is 17.8 Å². The number of rotatable bonds is 7. The van der Waals surface area contributed by atoms with Crippen LogP contribution in [-0.2, 0) is 11.2 Å². The van der Waals surface area contributed by atoms with E-state index in [0.29, 0.717) is 18.8 Å². The molecule has 0 spiro atoms. The molecule has 0 saturated carbocycles. The van der Waals surface area contributed by atoms with Crippen molar-refractivity contribution in [3.63, 3.8) is 0 Å². The first-order chi connectivity index (χ1) is 10.2. The molecule has 1 aromatic heterocycles. The number of pyridine rings is 1. The molecule has 0 aliphatic carbocycles. The van der Waals surface area contributed by atoms with Crippen molar-refractivity contribution in [2.24, 2.45) is 0 Å². The molecule has 0 radical (unpaired) electrons. The second kappa shape index (κ2) is 7.28. The number of nitrogen functional groups attached to an aromatic ring is 1. The number of aromatic nitrogens is 1. The van der Waals surface area contributed by atoms with Gasteiger partial charge in [-0.3, -0.25) is 9.78 Å². The van der Waals surface area contributed by atoms with Crippen LogP contribution < -0.4 is 10.6 Å². The number of hydrogen-bond acceptors (Lipinski definition) is 4. The molecular formula is C16H19N3O2. The third kappa shape index (κ3) is 4.49. The summed E-state index contributed by atoms with van der Waals surface area (Å²) in [6, 6.07) is 13.3. The first-order valence-corrected chi connectivity index (χ1v) is 6.88. The summed E-state index contributed by atoms with van der Waals surface area (Å²) in [7, 11) is 0. The Balaban J connectivity index is 2.09. The van der Waals surface area contributed by atoms with E-state index in [2.05, 4.69) is 4.98 Å². The van der Waals surface area contributed by atoms with Gasteiger partial charge in [-0.15, -0.1) is 0 Å². The molecule has 5 heteroatoms. The second-order valence-electron chi connectivity index (χ2n) is 4.76. The highest BCUT2D eigenvalue weighted by molar-refractivity contribution is 5.70. The van der Waals surface area contributed by atoms with Crippen molar-refractivity contribution >= 4 is 17.3 Å². The number of benzene rings is 1. The number of carboxylic acid groups (broad SMARTS) is 1. The normalized spacial score (nSPS) is 10.3. The minimum Gasteiger partial charge on any atom is -0.481 e. The molecule has 1 heterocycles. The van der Waals surface area contributed by atoms with Gasteiger partial charge in [-0.25, -0.2) is 0 Å². The third-order valence-electron chi connectivity index (χ3n) is 3.24. The summed E-state index contributed by atoms with van der Waals surface area (Å²) in [5, 5.41) is 8.89. The molecular weight excluding hydrogens is 266 g/mol. The fourth-order valence-electron chi connectivity index (χ4n) is 2.15. The van der Waals surface area contributed by atoms with Crippen molar-refractivity contribution < 1.29 is 9.90 Å². The summed E-state index contributed by atoms with van der Waals surface area (Å²) in [6.07, 6.45) is 2.58. The number of nitrogens with two attached hydrogens (primary N) is 1. The molecule has 3 N–H and O–H groups in total. The maximum atomic E-state index is 10.8. The average molecular weight is 285 g/mol. The van der Waals surface area contributed by atoms with Crippen molar-refractivity contribution in [1.82, 2.24) is 4.98 Å². The van der Waals surface area contributed by atoms with E-state index in [1.807, 2.05) is 47.4 Å². The predicted molar refractivity (Wildman–Crippen MR) is 83.3 cm³/mol. The number of anilines is 2. The topological polar surface area (TPSA) is 79.5 Å². The predicted octanol–water partition coefficient (Wildman–Crippen LogP) is 2.19. The molecule has 21 heavy (non-hydrogen) atoms. The number of carboxylic acids is 1. The van der Waals surface area contributed by atoms with Gasteiger partial charge in [0.2, 0.25) is 0 Å². The van der Waals surface area contributed by atoms with Crippen molar-refractivity contribution in [2.45, 2.75) is 12.8 Å². The lowest BCUT2D eigenvalue weighted by atomic mass is 10.2. The van der Waals surface area contributed by atoms with Crippen LogP contribution in [0.1, 0.15) is 12.1 Å². The van der Waals surface area contributed by atoms with E-state index in [4.69, 9.17) is 10.8 Å². The van der Waals surface area contributed by atoms with E-state index >= 15 is 0 Å². The van der Waals surface area contributed by atoms with Gasteiger partial charge >= 0.3 is 5.97 Å². The molecule has 5 nitrogen and oxygen atoms in total. The Morgan fingerprint density at radius 2 is 1.90 bits per heavy atom. The number of nitrogens with zero attached hydrogens (tertiary/aromatic N) is 2. The zero-order chi connectivity index (χ0) is 15.1. The van der Waals surface area contributed by atoms with E-state index in [1.54, 1.807) is 6.20 Å². The minimum absolute atomic E-state index is 0.0799. The van der Waals surface area contributed by atoms with E-state index < -0.39 is 5.97 Å². The Morgan fingerprint density at radius 1 is 1.14 bits per heavy atom. The standard InChI is InChI=1S/C16H19N3O2/c17-14-6-1-2-7-15(14)19(12-9-16(20)21)11-8-13-5-3-4-10-18-13/h1-7,10H,8-9,11-12,17H2,(H,20,21). The Kier molecular flexibility index (Phi) is 5.15. The molecule has 0 atom stereocenters. The van der Waals surface area contributed by atoms with E-state index in [-0.39, 0.29) is 6.42 Å². The summed E-state index contributed by atoms with van der Waals surface area (Å²) >= 11 is 0. The summed E-state index contributed by atoms with van der Waals surface area (Å²) in [5.41, 5.74) is 8.50. The smallest absolute Gasteiger partial charge is 0.305 e.